The molecule has 0 amide bonds. The van der Waals surface area contributed by atoms with Crippen molar-refractivity contribution in [3.63, 3.8) is 0 Å². The van der Waals surface area contributed by atoms with E-state index in [9.17, 15) is 15.0 Å². The van der Waals surface area contributed by atoms with E-state index in [-0.39, 0.29) is 34.0 Å². The van der Waals surface area contributed by atoms with Crippen molar-refractivity contribution < 1.29 is 24.1 Å². The lowest BCUT2D eigenvalue weighted by molar-refractivity contribution is 0.391. The van der Waals surface area contributed by atoms with Gasteiger partial charge in [-0.05, 0) is 38.1 Å². The van der Waals surface area contributed by atoms with Gasteiger partial charge in [0.1, 0.15) is 28.2 Å². The Labute approximate surface area is 143 Å². The second-order valence-electron chi connectivity index (χ2n) is 5.68. The highest BCUT2D eigenvalue weighted by Gasteiger charge is 2.24. The molecule has 25 heavy (non-hydrogen) atoms. The molecule has 1 aromatic heterocycles. The molecule has 0 aliphatic rings. The van der Waals surface area contributed by atoms with Gasteiger partial charge in [0.25, 0.3) is 0 Å². The number of phenols is 2. The summed E-state index contributed by atoms with van der Waals surface area (Å²) in [4.78, 5) is 12.9. The van der Waals surface area contributed by atoms with Gasteiger partial charge in [0.05, 0.1) is 14.2 Å². The molecule has 3 rings (SSSR count). The number of aryl methyl sites for hydroxylation is 1. The maximum absolute atomic E-state index is 12.9. The number of hydrogen-bond donors (Lipinski definition) is 2. The van der Waals surface area contributed by atoms with E-state index in [4.69, 9.17) is 13.9 Å². The van der Waals surface area contributed by atoms with Crippen LogP contribution in [0, 0.1) is 13.8 Å². The van der Waals surface area contributed by atoms with Crippen molar-refractivity contribution in [2.75, 3.05) is 14.2 Å². The Kier molecular flexibility index (Phi) is 4.04. The molecule has 6 nitrogen and oxygen atoms in total. The largest absolute Gasteiger partial charge is 0.508 e. The van der Waals surface area contributed by atoms with E-state index in [2.05, 4.69) is 0 Å². The summed E-state index contributed by atoms with van der Waals surface area (Å²) in [5, 5.41) is 20.0. The zero-order chi connectivity index (χ0) is 18.3. The van der Waals surface area contributed by atoms with Crippen LogP contribution in [-0.4, -0.2) is 24.4 Å². The summed E-state index contributed by atoms with van der Waals surface area (Å²) >= 11 is 0. The lowest BCUT2D eigenvalue weighted by Gasteiger charge is -2.15. The molecule has 0 saturated carbocycles. The average molecular weight is 342 g/mol. The predicted octanol–water partition coefficient (Wildman–Crippen LogP) is 3.51. The van der Waals surface area contributed by atoms with E-state index >= 15 is 0 Å². The lowest BCUT2D eigenvalue weighted by atomic mass is 10.0. The summed E-state index contributed by atoms with van der Waals surface area (Å²) in [7, 11) is 2.85. The Hall–Kier alpha value is -3.15. The van der Waals surface area contributed by atoms with Crippen LogP contribution in [0.3, 0.4) is 0 Å². The first kappa shape index (κ1) is 16.7. The van der Waals surface area contributed by atoms with Gasteiger partial charge in [0.15, 0.2) is 5.76 Å². The van der Waals surface area contributed by atoms with E-state index in [1.165, 1.54) is 26.4 Å². The fraction of sp³-hybridized carbons (Fsp3) is 0.211. The van der Waals surface area contributed by atoms with Crippen molar-refractivity contribution in [1.82, 2.24) is 0 Å². The summed E-state index contributed by atoms with van der Waals surface area (Å²) in [6.45, 7) is 3.42. The number of benzene rings is 2. The van der Waals surface area contributed by atoms with Crippen LogP contribution < -0.4 is 14.9 Å². The topological polar surface area (TPSA) is 89.1 Å². The molecule has 130 valence electrons. The van der Waals surface area contributed by atoms with E-state index in [0.717, 1.165) is 0 Å². The van der Waals surface area contributed by atoms with Gasteiger partial charge in [-0.2, -0.15) is 0 Å². The van der Waals surface area contributed by atoms with Gasteiger partial charge in [-0.15, -0.1) is 0 Å². The third-order valence-corrected chi connectivity index (χ3v) is 4.22. The lowest BCUT2D eigenvalue weighted by Crippen LogP contribution is -2.09. The van der Waals surface area contributed by atoms with Crippen LogP contribution in [0.25, 0.3) is 22.3 Å². The first-order chi connectivity index (χ1) is 11.9. The van der Waals surface area contributed by atoms with Crippen LogP contribution in [0.15, 0.2) is 33.5 Å². The van der Waals surface area contributed by atoms with Gasteiger partial charge in [0, 0.05) is 16.7 Å². The van der Waals surface area contributed by atoms with Gasteiger partial charge >= 0.3 is 0 Å². The number of hydrogen-bond acceptors (Lipinski definition) is 6. The molecular weight excluding hydrogens is 324 g/mol. The average Bonchev–Trinajstić information content (AvgIpc) is 2.60. The summed E-state index contributed by atoms with van der Waals surface area (Å²) in [6, 6.07) is 6.20. The zero-order valence-electron chi connectivity index (χ0n) is 14.3. The van der Waals surface area contributed by atoms with E-state index in [0.29, 0.717) is 22.4 Å². The molecular formula is C19H18O6. The molecule has 0 aliphatic carbocycles. The molecule has 0 bridgehead atoms. The van der Waals surface area contributed by atoms with Gasteiger partial charge in [0.2, 0.25) is 11.2 Å². The Balaban J connectivity index is 2.48. The van der Waals surface area contributed by atoms with E-state index in [1.807, 2.05) is 0 Å². The highest BCUT2D eigenvalue weighted by molar-refractivity contribution is 5.92. The highest BCUT2D eigenvalue weighted by Crippen LogP contribution is 2.41. The van der Waals surface area contributed by atoms with E-state index in [1.54, 1.807) is 26.0 Å². The molecule has 3 aromatic rings. The third kappa shape index (κ3) is 2.46. The number of fused-ring (bicyclic) bond motifs is 1. The molecule has 0 aliphatic heterocycles. The molecule has 0 radical (unpaired) electrons. The van der Waals surface area contributed by atoms with Gasteiger partial charge in [-0.3, -0.25) is 4.79 Å². The third-order valence-electron chi connectivity index (χ3n) is 4.22. The zero-order valence-corrected chi connectivity index (χ0v) is 14.3. The second-order valence-corrected chi connectivity index (χ2v) is 5.68. The number of aromatic hydroxyl groups is 2. The SMILES string of the molecule is COc1c(C)c(O)c2c(=O)c(OC)c(-c3ccc(O)cc3)oc2c1C. The fourth-order valence-electron chi connectivity index (χ4n) is 2.97. The van der Waals surface area contributed by atoms with Crippen molar-refractivity contribution in [2.24, 2.45) is 0 Å². The van der Waals surface area contributed by atoms with Gasteiger partial charge in [-0.25, -0.2) is 0 Å². The van der Waals surface area contributed by atoms with Crippen molar-refractivity contribution >= 4 is 11.0 Å². The predicted molar refractivity (Wildman–Crippen MR) is 93.8 cm³/mol. The molecule has 1 heterocycles. The van der Waals surface area contributed by atoms with Crippen molar-refractivity contribution in [3.05, 3.63) is 45.6 Å². The minimum absolute atomic E-state index is 0.0162. The Morgan fingerprint density at radius 3 is 2.08 bits per heavy atom. The number of phenolic OH excluding ortho intramolecular Hbond substituents is 2. The Morgan fingerprint density at radius 2 is 1.52 bits per heavy atom. The quantitative estimate of drug-likeness (QED) is 0.757. The van der Waals surface area contributed by atoms with Crippen LogP contribution in [0.2, 0.25) is 0 Å². The van der Waals surface area contributed by atoms with Crippen LogP contribution >= 0.6 is 0 Å². The molecule has 2 N–H and O–H groups in total. The van der Waals surface area contributed by atoms with Crippen molar-refractivity contribution in [1.29, 1.82) is 0 Å². The molecule has 0 unspecified atom stereocenters. The first-order valence-corrected chi connectivity index (χ1v) is 7.61. The number of rotatable bonds is 3. The van der Waals surface area contributed by atoms with Crippen LogP contribution in [0.4, 0.5) is 0 Å². The monoisotopic (exact) mass is 342 g/mol. The summed E-state index contributed by atoms with van der Waals surface area (Å²) in [6.07, 6.45) is 0. The summed E-state index contributed by atoms with van der Waals surface area (Å²) in [5.74, 6) is 0.555. The smallest absolute Gasteiger partial charge is 0.239 e. The van der Waals surface area contributed by atoms with E-state index < -0.39 is 5.43 Å². The molecule has 0 saturated heterocycles. The standard InChI is InChI=1S/C19H18O6/c1-9-14(21)13-15(22)19(24-4)18(11-5-7-12(20)8-6-11)25-17(13)10(2)16(9)23-3/h5-8,20-21H,1-4H3. The maximum Gasteiger partial charge on any atom is 0.239 e. The minimum atomic E-state index is -0.474. The van der Waals surface area contributed by atoms with Crippen LogP contribution in [-0.2, 0) is 0 Å². The normalized spacial score (nSPS) is 10.9. The minimum Gasteiger partial charge on any atom is -0.508 e. The van der Waals surface area contributed by atoms with Crippen molar-refractivity contribution in [2.45, 2.75) is 13.8 Å². The fourth-order valence-corrected chi connectivity index (χ4v) is 2.97. The first-order valence-electron chi connectivity index (χ1n) is 7.61. The van der Waals surface area contributed by atoms with Crippen LogP contribution in [0.1, 0.15) is 11.1 Å². The molecule has 0 atom stereocenters. The van der Waals surface area contributed by atoms with Gasteiger partial charge < -0.3 is 24.1 Å². The Morgan fingerprint density at radius 1 is 0.920 bits per heavy atom. The second kappa shape index (κ2) is 6.05. The molecule has 0 spiro atoms. The molecule has 2 aromatic carbocycles. The van der Waals surface area contributed by atoms with Crippen LogP contribution in [0.5, 0.6) is 23.0 Å². The Bertz CT molecular complexity index is 1020. The maximum atomic E-state index is 12.9. The molecule has 6 heteroatoms. The van der Waals surface area contributed by atoms with Crippen molar-refractivity contribution in [3.8, 4) is 34.3 Å². The van der Waals surface area contributed by atoms with Gasteiger partial charge in [-0.1, -0.05) is 0 Å². The summed E-state index contributed by atoms with van der Waals surface area (Å²) < 4.78 is 16.5. The molecule has 0 fully saturated rings. The summed E-state index contributed by atoms with van der Waals surface area (Å²) in [5.41, 5.74) is 1.38. The number of methoxy groups -OCH3 is 2. The number of ether oxygens (including phenoxy) is 2. The highest BCUT2D eigenvalue weighted by atomic mass is 16.5.